The number of ketones is 1. The van der Waals surface area contributed by atoms with Gasteiger partial charge in [0.1, 0.15) is 11.4 Å². The van der Waals surface area contributed by atoms with Gasteiger partial charge in [-0.25, -0.2) is 4.98 Å². The first-order valence-electron chi connectivity index (χ1n) is 9.83. The molecule has 0 saturated carbocycles. The van der Waals surface area contributed by atoms with Crippen LogP contribution in [-0.2, 0) is 11.2 Å². The number of hydrogen-bond acceptors (Lipinski definition) is 5. The van der Waals surface area contributed by atoms with Crippen LogP contribution in [0.3, 0.4) is 0 Å². The van der Waals surface area contributed by atoms with Crippen LogP contribution in [0.5, 0.6) is 0 Å². The number of amides is 1. The number of benzene rings is 1. The Labute approximate surface area is 167 Å². The SMILES string of the molecule is O=C(c1ccccn1)C1CCCN(C(=O)CCc2nc3ccccc3[nH]c2=O)C1. The van der Waals surface area contributed by atoms with Gasteiger partial charge in [0.05, 0.1) is 11.0 Å². The van der Waals surface area contributed by atoms with Gasteiger partial charge in [0.2, 0.25) is 5.91 Å². The Kier molecular flexibility index (Phi) is 5.46. The minimum Gasteiger partial charge on any atom is -0.342 e. The first-order valence-corrected chi connectivity index (χ1v) is 9.83. The number of Topliss-reactive ketones (excluding diaryl/α,β-unsaturated/α-hetero) is 1. The molecule has 3 aromatic rings. The highest BCUT2D eigenvalue weighted by molar-refractivity contribution is 5.96. The molecule has 1 aromatic carbocycles. The number of aryl methyl sites for hydroxylation is 1. The number of aromatic amines is 1. The van der Waals surface area contributed by atoms with Crippen LogP contribution in [-0.4, -0.2) is 44.6 Å². The molecule has 148 valence electrons. The van der Waals surface area contributed by atoms with Crippen LogP contribution in [0, 0.1) is 5.92 Å². The Morgan fingerprint density at radius 1 is 1.14 bits per heavy atom. The second-order valence-corrected chi connectivity index (χ2v) is 7.29. The average molecular weight is 390 g/mol. The van der Waals surface area contributed by atoms with E-state index in [1.54, 1.807) is 35.4 Å². The standard InChI is InChI=1S/C22H22N4O3/c27-20(11-10-19-22(29)25-17-8-2-1-7-16(17)24-19)26-13-5-6-15(14-26)21(28)18-9-3-4-12-23-18/h1-4,7-9,12,15H,5-6,10-11,13-14H2,(H,25,29). The van der Waals surface area contributed by atoms with Gasteiger partial charge in [0, 0.05) is 38.0 Å². The van der Waals surface area contributed by atoms with E-state index in [1.165, 1.54) is 0 Å². The van der Waals surface area contributed by atoms with Gasteiger partial charge in [0.15, 0.2) is 5.78 Å². The molecule has 1 aliphatic heterocycles. The highest BCUT2D eigenvalue weighted by Gasteiger charge is 2.29. The quantitative estimate of drug-likeness (QED) is 0.675. The van der Waals surface area contributed by atoms with Gasteiger partial charge >= 0.3 is 0 Å². The van der Waals surface area contributed by atoms with Crippen molar-refractivity contribution in [2.75, 3.05) is 13.1 Å². The summed E-state index contributed by atoms with van der Waals surface area (Å²) in [6, 6.07) is 12.6. The van der Waals surface area contributed by atoms with Crippen LogP contribution in [0.25, 0.3) is 11.0 Å². The fourth-order valence-corrected chi connectivity index (χ4v) is 3.76. The van der Waals surface area contributed by atoms with Crippen molar-refractivity contribution in [3.63, 3.8) is 0 Å². The minimum atomic E-state index is -0.265. The third-order valence-corrected chi connectivity index (χ3v) is 5.31. The summed E-state index contributed by atoms with van der Waals surface area (Å²) in [6.07, 6.45) is 3.61. The number of rotatable bonds is 5. The zero-order chi connectivity index (χ0) is 20.2. The molecule has 0 aliphatic carbocycles. The molecule has 1 atom stereocenters. The molecule has 0 spiro atoms. The maximum absolute atomic E-state index is 12.7. The molecule has 7 nitrogen and oxygen atoms in total. The third kappa shape index (κ3) is 4.23. The number of nitrogens with zero attached hydrogens (tertiary/aromatic N) is 3. The lowest BCUT2D eigenvalue weighted by Crippen LogP contribution is -2.42. The molecule has 3 heterocycles. The largest absolute Gasteiger partial charge is 0.342 e. The van der Waals surface area contributed by atoms with E-state index in [9.17, 15) is 14.4 Å². The molecule has 0 bridgehead atoms. The van der Waals surface area contributed by atoms with Crippen molar-refractivity contribution in [2.24, 2.45) is 5.92 Å². The van der Waals surface area contributed by atoms with Crippen molar-refractivity contribution in [3.8, 4) is 0 Å². The number of piperidine rings is 1. The Morgan fingerprint density at radius 3 is 2.79 bits per heavy atom. The van der Waals surface area contributed by atoms with Crippen molar-refractivity contribution in [1.82, 2.24) is 19.9 Å². The monoisotopic (exact) mass is 390 g/mol. The van der Waals surface area contributed by atoms with Gasteiger partial charge in [-0.2, -0.15) is 0 Å². The molecular weight excluding hydrogens is 368 g/mol. The van der Waals surface area contributed by atoms with E-state index >= 15 is 0 Å². The molecular formula is C22H22N4O3. The number of carbonyl (C=O) groups excluding carboxylic acids is 2. The molecule has 1 fully saturated rings. The molecule has 1 amide bonds. The molecule has 1 aliphatic rings. The van der Waals surface area contributed by atoms with E-state index in [-0.39, 0.29) is 36.0 Å². The lowest BCUT2D eigenvalue weighted by Gasteiger charge is -2.32. The molecule has 1 N–H and O–H groups in total. The van der Waals surface area contributed by atoms with E-state index in [0.29, 0.717) is 35.5 Å². The second kappa shape index (κ2) is 8.34. The maximum atomic E-state index is 12.7. The molecule has 7 heteroatoms. The van der Waals surface area contributed by atoms with Crippen molar-refractivity contribution in [2.45, 2.75) is 25.7 Å². The first kappa shape index (κ1) is 19.0. The fourth-order valence-electron chi connectivity index (χ4n) is 3.76. The van der Waals surface area contributed by atoms with Crippen molar-refractivity contribution >= 4 is 22.7 Å². The Bertz CT molecular complexity index is 1090. The highest BCUT2D eigenvalue weighted by atomic mass is 16.2. The number of carbonyl (C=O) groups is 2. The van der Waals surface area contributed by atoms with Gasteiger partial charge in [0.25, 0.3) is 5.56 Å². The molecule has 1 saturated heterocycles. The summed E-state index contributed by atoms with van der Waals surface area (Å²) in [6.45, 7) is 1.03. The lowest BCUT2D eigenvalue weighted by molar-refractivity contribution is -0.132. The van der Waals surface area contributed by atoms with E-state index < -0.39 is 0 Å². The van der Waals surface area contributed by atoms with Crippen molar-refractivity contribution in [1.29, 1.82) is 0 Å². The zero-order valence-corrected chi connectivity index (χ0v) is 16.0. The highest BCUT2D eigenvalue weighted by Crippen LogP contribution is 2.21. The van der Waals surface area contributed by atoms with Gasteiger partial charge in [-0.15, -0.1) is 0 Å². The number of aromatic nitrogens is 3. The minimum absolute atomic E-state index is 0.0178. The number of H-pyrrole nitrogens is 1. The lowest BCUT2D eigenvalue weighted by atomic mass is 9.91. The van der Waals surface area contributed by atoms with Crippen molar-refractivity contribution in [3.05, 3.63) is 70.4 Å². The Balaban J connectivity index is 1.40. The Hall–Kier alpha value is -3.35. The zero-order valence-electron chi connectivity index (χ0n) is 16.0. The first-order chi connectivity index (χ1) is 14.1. The van der Waals surface area contributed by atoms with Crippen LogP contribution in [0.15, 0.2) is 53.5 Å². The van der Waals surface area contributed by atoms with Crippen LogP contribution < -0.4 is 5.56 Å². The summed E-state index contributed by atoms with van der Waals surface area (Å²) in [7, 11) is 0. The van der Waals surface area contributed by atoms with Crippen LogP contribution in [0.2, 0.25) is 0 Å². The predicted octanol–water partition coefficient (Wildman–Crippen LogP) is 2.37. The Morgan fingerprint density at radius 2 is 1.97 bits per heavy atom. The number of fused-ring (bicyclic) bond motifs is 1. The topological polar surface area (TPSA) is 96.0 Å². The summed E-state index contributed by atoms with van der Waals surface area (Å²) in [5.41, 5.74) is 1.92. The molecule has 29 heavy (non-hydrogen) atoms. The summed E-state index contributed by atoms with van der Waals surface area (Å²) in [5.74, 6) is -0.307. The van der Waals surface area contributed by atoms with Gasteiger partial charge in [-0.3, -0.25) is 19.4 Å². The molecule has 4 rings (SSSR count). The van der Waals surface area contributed by atoms with Gasteiger partial charge in [-0.1, -0.05) is 18.2 Å². The fraction of sp³-hybridized carbons (Fsp3) is 0.318. The number of pyridine rings is 1. The molecule has 0 radical (unpaired) electrons. The second-order valence-electron chi connectivity index (χ2n) is 7.29. The maximum Gasteiger partial charge on any atom is 0.270 e. The van der Waals surface area contributed by atoms with E-state index in [2.05, 4.69) is 15.0 Å². The molecule has 1 unspecified atom stereocenters. The van der Waals surface area contributed by atoms with Crippen LogP contribution in [0.4, 0.5) is 0 Å². The molecule has 2 aromatic heterocycles. The van der Waals surface area contributed by atoms with Gasteiger partial charge in [-0.05, 0) is 37.1 Å². The summed E-state index contributed by atoms with van der Waals surface area (Å²) < 4.78 is 0. The van der Waals surface area contributed by atoms with Crippen LogP contribution >= 0.6 is 0 Å². The number of likely N-dealkylation sites (tertiary alicyclic amines) is 1. The summed E-state index contributed by atoms with van der Waals surface area (Å²) in [5, 5.41) is 0. The third-order valence-electron chi connectivity index (χ3n) is 5.31. The average Bonchev–Trinajstić information content (AvgIpc) is 2.77. The normalized spacial score (nSPS) is 16.7. The summed E-state index contributed by atoms with van der Waals surface area (Å²) in [4.78, 5) is 50.7. The van der Waals surface area contributed by atoms with E-state index in [4.69, 9.17) is 0 Å². The van der Waals surface area contributed by atoms with Gasteiger partial charge < -0.3 is 9.88 Å². The van der Waals surface area contributed by atoms with Crippen LogP contribution in [0.1, 0.15) is 35.4 Å². The van der Waals surface area contributed by atoms with Crippen molar-refractivity contribution < 1.29 is 9.59 Å². The smallest absolute Gasteiger partial charge is 0.270 e. The number of nitrogens with one attached hydrogen (secondary N) is 1. The van der Waals surface area contributed by atoms with E-state index in [1.807, 2.05) is 18.2 Å². The number of hydrogen-bond donors (Lipinski definition) is 1. The number of para-hydroxylation sites is 2. The predicted molar refractivity (Wildman–Crippen MR) is 109 cm³/mol. The van der Waals surface area contributed by atoms with E-state index in [0.717, 1.165) is 12.8 Å². The summed E-state index contributed by atoms with van der Waals surface area (Å²) >= 11 is 0.